The lowest BCUT2D eigenvalue weighted by Crippen LogP contribution is -2.48. The Morgan fingerprint density at radius 3 is 3.07 bits per heavy atom. The van der Waals surface area contributed by atoms with Gasteiger partial charge >= 0.3 is 0 Å². The van der Waals surface area contributed by atoms with Gasteiger partial charge in [0.15, 0.2) is 0 Å². The van der Waals surface area contributed by atoms with Gasteiger partial charge in [-0.05, 0) is 28.8 Å². The molecule has 0 saturated carbocycles. The molecule has 0 unspecified atom stereocenters. The van der Waals surface area contributed by atoms with Gasteiger partial charge < -0.3 is 10.6 Å². The summed E-state index contributed by atoms with van der Waals surface area (Å²) in [4.78, 5) is 11.5. The van der Waals surface area contributed by atoms with Crippen LogP contribution >= 0.6 is 11.3 Å². The predicted octanol–water partition coefficient (Wildman–Crippen LogP) is 1.02. The van der Waals surface area contributed by atoms with Crippen molar-refractivity contribution in [2.24, 2.45) is 5.92 Å². The van der Waals surface area contributed by atoms with E-state index in [2.05, 4.69) is 22.1 Å². The molecule has 82 valence electrons. The Morgan fingerprint density at radius 1 is 1.60 bits per heavy atom. The van der Waals surface area contributed by atoms with Crippen molar-refractivity contribution in [3.05, 3.63) is 22.4 Å². The Kier molecular flexibility index (Phi) is 3.75. The maximum absolute atomic E-state index is 11.5. The standard InChI is InChI=1S/C11H16N2OS/c14-11(13-7-10-5-12-6-10)2-1-9-3-4-15-8-9/h3-4,8,10,12H,1-2,5-7H2,(H,13,14). The van der Waals surface area contributed by atoms with Crippen molar-refractivity contribution in [2.75, 3.05) is 19.6 Å². The zero-order valence-electron chi connectivity index (χ0n) is 8.66. The summed E-state index contributed by atoms with van der Waals surface area (Å²) in [6.07, 6.45) is 1.47. The van der Waals surface area contributed by atoms with E-state index in [4.69, 9.17) is 0 Å². The number of hydrogen-bond donors (Lipinski definition) is 2. The van der Waals surface area contributed by atoms with E-state index < -0.39 is 0 Å². The highest BCUT2D eigenvalue weighted by Crippen LogP contribution is 2.08. The quantitative estimate of drug-likeness (QED) is 0.784. The van der Waals surface area contributed by atoms with Crippen LogP contribution in [-0.2, 0) is 11.2 Å². The minimum atomic E-state index is 0.174. The molecule has 1 aromatic rings. The molecule has 4 heteroatoms. The maximum Gasteiger partial charge on any atom is 0.220 e. The van der Waals surface area contributed by atoms with Gasteiger partial charge in [-0.1, -0.05) is 0 Å². The molecule has 2 heterocycles. The largest absolute Gasteiger partial charge is 0.356 e. The van der Waals surface area contributed by atoms with E-state index in [-0.39, 0.29) is 5.91 Å². The average Bonchev–Trinajstić information content (AvgIpc) is 2.64. The number of thiophene rings is 1. The van der Waals surface area contributed by atoms with Gasteiger partial charge in [-0.25, -0.2) is 0 Å². The fourth-order valence-electron chi connectivity index (χ4n) is 1.53. The Bertz CT molecular complexity index is 306. The van der Waals surface area contributed by atoms with E-state index in [0.29, 0.717) is 12.3 Å². The average molecular weight is 224 g/mol. The van der Waals surface area contributed by atoms with Crippen molar-refractivity contribution in [3.63, 3.8) is 0 Å². The molecule has 15 heavy (non-hydrogen) atoms. The summed E-state index contributed by atoms with van der Waals surface area (Å²) in [5, 5.41) is 10.3. The van der Waals surface area contributed by atoms with Gasteiger partial charge in [-0.2, -0.15) is 11.3 Å². The number of aryl methyl sites for hydroxylation is 1. The zero-order valence-corrected chi connectivity index (χ0v) is 9.48. The van der Waals surface area contributed by atoms with E-state index in [1.165, 1.54) is 5.56 Å². The predicted molar refractivity (Wildman–Crippen MR) is 62.0 cm³/mol. The maximum atomic E-state index is 11.5. The summed E-state index contributed by atoms with van der Waals surface area (Å²) in [5.74, 6) is 0.822. The number of carbonyl (C=O) groups excluding carboxylic acids is 1. The normalized spacial score (nSPS) is 16.0. The van der Waals surface area contributed by atoms with Crippen molar-refractivity contribution in [2.45, 2.75) is 12.8 Å². The van der Waals surface area contributed by atoms with E-state index >= 15 is 0 Å². The molecule has 1 aromatic heterocycles. The smallest absolute Gasteiger partial charge is 0.220 e. The molecule has 0 radical (unpaired) electrons. The minimum Gasteiger partial charge on any atom is -0.356 e. The monoisotopic (exact) mass is 224 g/mol. The van der Waals surface area contributed by atoms with Crippen LogP contribution in [0, 0.1) is 5.92 Å². The molecule has 0 bridgehead atoms. The molecule has 1 saturated heterocycles. The summed E-state index contributed by atoms with van der Waals surface area (Å²) >= 11 is 1.68. The molecule has 0 aromatic carbocycles. The van der Waals surface area contributed by atoms with Gasteiger partial charge in [0, 0.05) is 32.0 Å². The van der Waals surface area contributed by atoms with Crippen LogP contribution in [0.25, 0.3) is 0 Å². The number of carbonyl (C=O) groups is 1. The molecule has 1 aliphatic heterocycles. The fraction of sp³-hybridized carbons (Fsp3) is 0.545. The SMILES string of the molecule is O=C(CCc1ccsc1)NCC1CNC1. The van der Waals surface area contributed by atoms with Crippen LogP contribution in [0.4, 0.5) is 0 Å². The second-order valence-corrected chi connectivity index (χ2v) is 4.74. The van der Waals surface area contributed by atoms with Crippen LogP contribution in [0.3, 0.4) is 0 Å². The van der Waals surface area contributed by atoms with E-state index in [0.717, 1.165) is 26.1 Å². The van der Waals surface area contributed by atoms with Crippen molar-refractivity contribution >= 4 is 17.2 Å². The lowest BCUT2D eigenvalue weighted by atomic mass is 10.0. The third-order valence-corrected chi connectivity index (χ3v) is 3.41. The van der Waals surface area contributed by atoms with Gasteiger partial charge in [0.2, 0.25) is 5.91 Å². The molecule has 1 aliphatic rings. The molecule has 2 N–H and O–H groups in total. The van der Waals surface area contributed by atoms with Crippen molar-refractivity contribution < 1.29 is 4.79 Å². The number of rotatable bonds is 5. The van der Waals surface area contributed by atoms with E-state index in [9.17, 15) is 4.79 Å². The molecule has 1 fully saturated rings. The third kappa shape index (κ3) is 3.32. The topological polar surface area (TPSA) is 41.1 Å². The highest BCUT2D eigenvalue weighted by atomic mass is 32.1. The highest BCUT2D eigenvalue weighted by molar-refractivity contribution is 7.07. The first-order chi connectivity index (χ1) is 7.34. The van der Waals surface area contributed by atoms with E-state index in [1.54, 1.807) is 11.3 Å². The lowest BCUT2D eigenvalue weighted by Gasteiger charge is -2.27. The highest BCUT2D eigenvalue weighted by Gasteiger charge is 2.16. The molecule has 0 aliphatic carbocycles. The van der Waals surface area contributed by atoms with Crippen LogP contribution in [0.15, 0.2) is 16.8 Å². The molecule has 0 atom stereocenters. The Labute approximate surface area is 93.9 Å². The third-order valence-electron chi connectivity index (χ3n) is 2.67. The first-order valence-electron chi connectivity index (χ1n) is 5.33. The van der Waals surface area contributed by atoms with Crippen LogP contribution in [-0.4, -0.2) is 25.5 Å². The van der Waals surface area contributed by atoms with Crippen LogP contribution in [0.2, 0.25) is 0 Å². The van der Waals surface area contributed by atoms with Crippen LogP contribution in [0.1, 0.15) is 12.0 Å². The number of nitrogens with one attached hydrogen (secondary N) is 2. The number of amides is 1. The second kappa shape index (κ2) is 5.28. The van der Waals surface area contributed by atoms with Gasteiger partial charge in [0.25, 0.3) is 0 Å². The summed E-state index contributed by atoms with van der Waals surface area (Å²) in [5.41, 5.74) is 1.26. The fourth-order valence-corrected chi connectivity index (χ4v) is 2.24. The van der Waals surface area contributed by atoms with Crippen molar-refractivity contribution in [1.82, 2.24) is 10.6 Å². The van der Waals surface area contributed by atoms with Gasteiger partial charge in [-0.15, -0.1) is 0 Å². The van der Waals surface area contributed by atoms with Crippen molar-refractivity contribution in [3.8, 4) is 0 Å². The summed E-state index contributed by atoms with van der Waals surface area (Å²) in [6.45, 7) is 2.92. The Morgan fingerprint density at radius 2 is 2.47 bits per heavy atom. The molecule has 2 rings (SSSR count). The Balaban J connectivity index is 1.60. The summed E-state index contributed by atoms with van der Waals surface area (Å²) in [6, 6.07) is 2.08. The summed E-state index contributed by atoms with van der Waals surface area (Å²) in [7, 11) is 0. The van der Waals surface area contributed by atoms with Gasteiger partial charge in [-0.3, -0.25) is 4.79 Å². The van der Waals surface area contributed by atoms with Crippen LogP contribution in [0.5, 0.6) is 0 Å². The Hall–Kier alpha value is -0.870. The zero-order chi connectivity index (χ0) is 10.5. The molecular formula is C11H16N2OS. The molecule has 0 spiro atoms. The molecular weight excluding hydrogens is 208 g/mol. The molecule has 1 amide bonds. The first-order valence-corrected chi connectivity index (χ1v) is 6.27. The first kappa shape index (κ1) is 10.6. The minimum absolute atomic E-state index is 0.174. The van der Waals surface area contributed by atoms with Gasteiger partial charge in [0.1, 0.15) is 0 Å². The van der Waals surface area contributed by atoms with Gasteiger partial charge in [0.05, 0.1) is 0 Å². The van der Waals surface area contributed by atoms with Crippen molar-refractivity contribution in [1.29, 1.82) is 0 Å². The second-order valence-electron chi connectivity index (χ2n) is 3.96. The van der Waals surface area contributed by atoms with E-state index in [1.807, 2.05) is 5.38 Å². The van der Waals surface area contributed by atoms with Crippen LogP contribution < -0.4 is 10.6 Å². The molecule has 3 nitrogen and oxygen atoms in total. The summed E-state index contributed by atoms with van der Waals surface area (Å²) < 4.78 is 0. The lowest BCUT2D eigenvalue weighted by molar-refractivity contribution is -0.121. The number of hydrogen-bond acceptors (Lipinski definition) is 3.